The molecule has 0 aliphatic carbocycles. The van der Waals surface area contributed by atoms with Crippen LogP contribution in [0.5, 0.6) is 5.88 Å². The number of halogens is 1. The van der Waals surface area contributed by atoms with E-state index in [1.807, 2.05) is 30.3 Å². The van der Waals surface area contributed by atoms with Gasteiger partial charge in [0.15, 0.2) is 0 Å². The van der Waals surface area contributed by atoms with Gasteiger partial charge in [-0.1, -0.05) is 6.07 Å². The van der Waals surface area contributed by atoms with Crippen LogP contribution in [0.3, 0.4) is 0 Å². The molecule has 20 heavy (non-hydrogen) atoms. The van der Waals surface area contributed by atoms with Gasteiger partial charge < -0.3 is 10.1 Å². The second kappa shape index (κ2) is 5.42. The summed E-state index contributed by atoms with van der Waals surface area (Å²) < 4.78 is 5.86. The van der Waals surface area contributed by atoms with Crippen molar-refractivity contribution in [2.24, 2.45) is 0 Å². The molecule has 3 aromatic rings. The third-order valence-corrected chi connectivity index (χ3v) is 3.31. The van der Waals surface area contributed by atoms with E-state index in [-0.39, 0.29) is 0 Å². The molecule has 6 heteroatoms. The Morgan fingerprint density at radius 2 is 2.10 bits per heavy atom. The van der Waals surface area contributed by atoms with Gasteiger partial charge >= 0.3 is 0 Å². The maximum absolute atomic E-state index is 5.15. The van der Waals surface area contributed by atoms with E-state index in [9.17, 15) is 0 Å². The molecule has 0 amide bonds. The molecule has 1 N–H and O–H groups in total. The van der Waals surface area contributed by atoms with Gasteiger partial charge in [0, 0.05) is 17.3 Å². The average Bonchev–Trinajstić information content (AvgIpc) is 2.49. The number of nitrogens with one attached hydrogen (secondary N) is 1. The van der Waals surface area contributed by atoms with Crippen molar-refractivity contribution in [1.82, 2.24) is 15.0 Å². The number of aromatic nitrogens is 3. The summed E-state index contributed by atoms with van der Waals surface area (Å²) in [5.41, 5.74) is 1.85. The van der Waals surface area contributed by atoms with E-state index in [2.05, 4.69) is 36.2 Å². The number of methoxy groups -OCH3 is 1. The maximum Gasteiger partial charge on any atom is 0.232 e. The Bertz CT molecular complexity index is 763. The molecule has 100 valence electrons. The topological polar surface area (TPSA) is 59.9 Å². The Kier molecular flexibility index (Phi) is 3.47. The number of nitrogens with zero attached hydrogens (tertiary/aromatic N) is 3. The monoisotopic (exact) mass is 330 g/mol. The fraction of sp³-hybridized carbons (Fsp3) is 0.0714. The van der Waals surface area contributed by atoms with Gasteiger partial charge in [0.25, 0.3) is 0 Å². The molecule has 2 aromatic heterocycles. The first kappa shape index (κ1) is 12.8. The largest absolute Gasteiger partial charge is 0.480 e. The molecule has 0 atom stereocenters. The number of pyridine rings is 1. The van der Waals surface area contributed by atoms with E-state index in [0.717, 1.165) is 16.6 Å². The molecular weight excluding hydrogens is 320 g/mol. The van der Waals surface area contributed by atoms with Crippen molar-refractivity contribution < 1.29 is 4.74 Å². The second-order valence-electron chi connectivity index (χ2n) is 4.09. The van der Waals surface area contributed by atoms with E-state index in [0.29, 0.717) is 16.3 Å². The summed E-state index contributed by atoms with van der Waals surface area (Å²) in [6.07, 6.45) is 3.43. The first-order valence-corrected chi connectivity index (χ1v) is 6.74. The van der Waals surface area contributed by atoms with Crippen LogP contribution in [0, 0.1) is 0 Å². The Labute approximate surface area is 124 Å². The van der Waals surface area contributed by atoms with Crippen molar-refractivity contribution >= 4 is 38.5 Å². The Morgan fingerprint density at radius 3 is 2.95 bits per heavy atom. The summed E-state index contributed by atoms with van der Waals surface area (Å²) in [6.45, 7) is 0. The summed E-state index contributed by atoms with van der Waals surface area (Å²) in [5, 5.41) is 4.20. The molecule has 2 heterocycles. The number of benzene rings is 1. The first-order valence-electron chi connectivity index (χ1n) is 5.94. The maximum atomic E-state index is 5.15. The fourth-order valence-electron chi connectivity index (χ4n) is 1.84. The van der Waals surface area contributed by atoms with Crippen molar-refractivity contribution in [3.8, 4) is 5.88 Å². The predicted octanol–water partition coefficient (Wildman–Crippen LogP) is 3.54. The minimum Gasteiger partial charge on any atom is -0.480 e. The zero-order chi connectivity index (χ0) is 13.9. The van der Waals surface area contributed by atoms with Gasteiger partial charge in [-0.2, -0.15) is 4.98 Å². The lowest BCUT2D eigenvalue weighted by Gasteiger charge is -2.08. The molecule has 0 fully saturated rings. The normalized spacial score (nSPS) is 10.5. The fourth-order valence-corrected chi connectivity index (χ4v) is 2.19. The van der Waals surface area contributed by atoms with Crippen LogP contribution in [0.15, 0.2) is 47.2 Å². The van der Waals surface area contributed by atoms with Crippen LogP contribution in [-0.2, 0) is 0 Å². The number of hydrogen-bond donors (Lipinski definition) is 1. The highest BCUT2D eigenvalue weighted by molar-refractivity contribution is 9.10. The minimum atomic E-state index is 0.480. The highest BCUT2D eigenvalue weighted by atomic mass is 79.9. The third-order valence-electron chi connectivity index (χ3n) is 2.76. The lowest BCUT2D eigenvalue weighted by molar-refractivity contribution is 0.394. The van der Waals surface area contributed by atoms with Gasteiger partial charge in [-0.05, 0) is 40.2 Å². The molecule has 0 saturated carbocycles. The van der Waals surface area contributed by atoms with Gasteiger partial charge in [0.2, 0.25) is 11.8 Å². The third kappa shape index (κ3) is 2.55. The van der Waals surface area contributed by atoms with E-state index in [4.69, 9.17) is 4.74 Å². The van der Waals surface area contributed by atoms with Gasteiger partial charge in [-0.3, -0.25) is 4.98 Å². The van der Waals surface area contributed by atoms with E-state index >= 15 is 0 Å². The summed E-state index contributed by atoms with van der Waals surface area (Å²) in [6, 6.07) is 9.81. The first-order chi connectivity index (χ1) is 9.76. The van der Waals surface area contributed by atoms with Crippen LogP contribution in [0.2, 0.25) is 0 Å². The second-order valence-corrected chi connectivity index (χ2v) is 4.94. The molecule has 0 aliphatic heterocycles. The molecule has 0 aliphatic rings. The smallest absolute Gasteiger partial charge is 0.232 e. The van der Waals surface area contributed by atoms with E-state index in [1.165, 1.54) is 0 Å². The number of anilines is 2. The van der Waals surface area contributed by atoms with Crippen molar-refractivity contribution in [1.29, 1.82) is 0 Å². The molecule has 3 rings (SSSR count). The molecule has 0 spiro atoms. The van der Waals surface area contributed by atoms with Crippen LogP contribution in [0.4, 0.5) is 11.6 Å². The molecule has 0 bridgehead atoms. The van der Waals surface area contributed by atoms with E-state index in [1.54, 1.807) is 19.5 Å². The number of fused-ring (bicyclic) bond motifs is 1. The van der Waals surface area contributed by atoms with E-state index < -0.39 is 0 Å². The standard InChI is InChI=1S/C14H11BrN4O/c1-20-13-11(15)8-17-14(19-13)18-10-4-5-12-9(7-10)3-2-6-16-12/h2-8H,1H3,(H,17,18,19). The Balaban J connectivity index is 1.92. The predicted molar refractivity (Wildman–Crippen MR) is 81.3 cm³/mol. The van der Waals surface area contributed by atoms with Crippen molar-refractivity contribution in [3.63, 3.8) is 0 Å². The molecule has 1 aromatic carbocycles. The van der Waals surface area contributed by atoms with Crippen LogP contribution < -0.4 is 10.1 Å². The average molecular weight is 331 g/mol. The summed E-state index contributed by atoms with van der Waals surface area (Å²) in [5.74, 6) is 0.971. The molecule has 0 radical (unpaired) electrons. The Hall–Kier alpha value is -2.21. The lowest BCUT2D eigenvalue weighted by Crippen LogP contribution is -1.99. The molecule has 0 saturated heterocycles. The number of rotatable bonds is 3. The summed E-state index contributed by atoms with van der Waals surface area (Å²) in [7, 11) is 1.57. The zero-order valence-electron chi connectivity index (χ0n) is 10.7. The summed E-state index contributed by atoms with van der Waals surface area (Å²) in [4.78, 5) is 12.7. The Morgan fingerprint density at radius 1 is 1.20 bits per heavy atom. The minimum absolute atomic E-state index is 0.480. The molecule has 0 unspecified atom stereocenters. The van der Waals surface area contributed by atoms with Gasteiger partial charge in [-0.15, -0.1) is 0 Å². The highest BCUT2D eigenvalue weighted by Gasteiger charge is 2.05. The number of ether oxygens (including phenoxy) is 1. The highest BCUT2D eigenvalue weighted by Crippen LogP contribution is 2.24. The number of hydrogen-bond acceptors (Lipinski definition) is 5. The SMILES string of the molecule is COc1nc(Nc2ccc3ncccc3c2)ncc1Br. The van der Waals surface area contributed by atoms with Gasteiger partial charge in [-0.25, -0.2) is 4.98 Å². The van der Waals surface area contributed by atoms with Crippen molar-refractivity contribution in [2.45, 2.75) is 0 Å². The van der Waals surface area contributed by atoms with Crippen LogP contribution in [0.25, 0.3) is 10.9 Å². The summed E-state index contributed by atoms with van der Waals surface area (Å²) >= 11 is 3.32. The lowest BCUT2D eigenvalue weighted by atomic mass is 10.2. The van der Waals surface area contributed by atoms with Crippen molar-refractivity contribution in [3.05, 3.63) is 47.2 Å². The molecule has 5 nitrogen and oxygen atoms in total. The van der Waals surface area contributed by atoms with Crippen LogP contribution >= 0.6 is 15.9 Å². The van der Waals surface area contributed by atoms with Gasteiger partial charge in [0.05, 0.1) is 23.3 Å². The van der Waals surface area contributed by atoms with Gasteiger partial charge in [0.1, 0.15) is 0 Å². The quantitative estimate of drug-likeness (QED) is 0.795. The zero-order valence-corrected chi connectivity index (χ0v) is 12.3. The van der Waals surface area contributed by atoms with Crippen LogP contribution in [0.1, 0.15) is 0 Å². The molecular formula is C14H11BrN4O. The van der Waals surface area contributed by atoms with Crippen LogP contribution in [-0.4, -0.2) is 22.1 Å². The van der Waals surface area contributed by atoms with Crippen molar-refractivity contribution in [2.75, 3.05) is 12.4 Å².